The molecule has 0 aliphatic heterocycles. The second-order valence-electron chi connectivity index (χ2n) is 3.77. The molecule has 1 rings (SSSR count). The lowest BCUT2D eigenvalue weighted by atomic mass is 10.2. The van der Waals surface area contributed by atoms with Gasteiger partial charge in [-0.15, -0.1) is 0 Å². The van der Waals surface area contributed by atoms with Gasteiger partial charge in [-0.2, -0.15) is 0 Å². The van der Waals surface area contributed by atoms with Gasteiger partial charge in [0.2, 0.25) is 0 Å². The van der Waals surface area contributed by atoms with E-state index in [0.717, 1.165) is 12.8 Å². The normalized spacial score (nSPS) is 15.6. The van der Waals surface area contributed by atoms with Crippen molar-refractivity contribution in [1.82, 2.24) is 0 Å². The van der Waals surface area contributed by atoms with E-state index in [1.165, 1.54) is 5.41 Å². The van der Waals surface area contributed by atoms with Gasteiger partial charge in [0.1, 0.15) is 0 Å². The smallest absolute Gasteiger partial charge is 0.0901 e. The first-order chi connectivity index (χ1) is 8.15. The van der Waals surface area contributed by atoms with Crippen molar-refractivity contribution in [2.24, 2.45) is 0 Å². The minimum Gasteiger partial charge on any atom is -0.387 e. The van der Waals surface area contributed by atoms with Crippen molar-refractivity contribution < 1.29 is 9.32 Å². The third-order valence-electron chi connectivity index (χ3n) is 2.34. The van der Waals surface area contributed by atoms with Crippen molar-refractivity contribution in [3.8, 4) is 0 Å². The first-order valence-electron chi connectivity index (χ1n) is 5.66. The topological polar surface area (TPSA) is 37.3 Å². The van der Waals surface area contributed by atoms with Crippen molar-refractivity contribution >= 4 is 22.4 Å². The van der Waals surface area contributed by atoms with E-state index in [0.29, 0.717) is 11.3 Å². The lowest BCUT2D eigenvalue weighted by Crippen LogP contribution is -2.07. The Bertz CT molecular complexity index is 390. The summed E-state index contributed by atoms with van der Waals surface area (Å²) in [6.45, 7) is 2.05. The number of hydrogen-bond acceptors (Lipinski definition) is 2. The van der Waals surface area contributed by atoms with Gasteiger partial charge in [-0.25, -0.2) is 4.21 Å². The summed E-state index contributed by atoms with van der Waals surface area (Å²) in [4.78, 5) is 0.688. The highest BCUT2D eigenvalue weighted by molar-refractivity contribution is 7.88. The average Bonchev–Trinajstić information content (AvgIpc) is 2.36. The number of unbranched alkanes of at least 4 members (excludes halogenated alkanes) is 1. The molecular weight excluding hydrogens is 256 g/mol. The molecule has 94 valence electrons. The molecule has 0 fully saturated rings. The largest absolute Gasteiger partial charge is 0.387 e. The van der Waals surface area contributed by atoms with Crippen molar-refractivity contribution in [3.05, 3.63) is 40.8 Å². The number of halogens is 1. The first kappa shape index (κ1) is 14.4. The molecule has 0 radical (unpaired) electrons. The third-order valence-corrected chi connectivity index (χ3v) is 4.04. The summed E-state index contributed by atoms with van der Waals surface area (Å²) in [5.41, 5.74) is 0. The van der Waals surface area contributed by atoms with E-state index >= 15 is 0 Å². The number of aliphatic hydroxyl groups excluding tert-OH is 1. The van der Waals surface area contributed by atoms with Gasteiger partial charge in [-0.3, -0.25) is 0 Å². The Hall–Kier alpha value is -0.640. The molecule has 1 aromatic rings. The summed E-state index contributed by atoms with van der Waals surface area (Å²) in [7, 11) is -1.29. The molecule has 1 aromatic carbocycles. The molecule has 0 aromatic heterocycles. The Morgan fingerprint density at radius 1 is 1.47 bits per heavy atom. The van der Waals surface area contributed by atoms with Crippen molar-refractivity contribution in [1.29, 1.82) is 0 Å². The van der Waals surface area contributed by atoms with Gasteiger partial charge >= 0.3 is 0 Å². The molecule has 1 unspecified atom stereocenters. The highest BCUT2D eigenvalue weighted by Gasteiger charge is 2.10. The Morgan fingerprint density at radius 2 is 2.12 bits per heavy atom. The molecule has 0 aliphatic rings. The highest BCUT2D eigenvalue weighted by Crippen LogP contribution is 2.17. The Morgan fingerprint density at radius 3 is 2.71 bits per heavy atom. The lowest BCUT2D eigenvalue weighted by molar-refractivity contribution is 0.205. The van der Waals surface area contributed by atoms with Gasteiger partial charge < -0.3 is 5.11 Å². The molecule has 0 heterocycles. The quantitative estimate of drug-likeness (QED) is 0.861. The Labute approximate surface area is 110 Å². The Balaban J connectivity index is 2.65. The summed E-state index contributed by atoms with van der Waals surface area (Å²) in [5.74, 6) is 0. The van der Waals surface area contributed by atoms with Crippen LogP contribution in [-0.2, 0) is 10.8 Å². The minimum atomic E-state index is -1.29. The van der Waals surface area contributed by atoms with Crippen LogP contribution in [0.1, 0.15) is 26.2 Å². The number of benzene rings is 1. The lowest BCUT2D eigenvalue weighted by Gasteiger charge is -2.08. The second kappa shape index (κ2) is 7.64. The third kappa shape index (κ3) is 5.02. The average molecular weight is 273 g/mol. The maximum atomic E-state index is 11.9. The number of aliphatic hydroxyl groups is 1. The van der Waals surface area contributed by atoms with E-state index in [1.54, 1.807) is 12.1 Å². The van der Waals surface area contributed by atoms with Crippen LogP contribution in [0.3, 0.4) is 0 Å². The summed E-state index contributed by atoms with van der Waals surface area (Å²) in [6.07, 6.45) is 1.81. The zero-order valence-corrected chi connectivity index (χ0v) is 11.4. The fraction of sp³-hybridized carbons (Fsp3) is 0.385. The van der Waals surface area contributed by atoms with Crippen LogP contribution < -0.4 is 0 Å². The maximum Gasteiger partial charge on any atom is 0.0901 e. The van der Waals surface area contributed by atoms with Gasteiger partial charge in [-0.05, 0) is 18.6 Å². The number of rotatable bonds is 6. The predicted octanol–water partition coefficient (Wildman–Crippen LogP) is 3.43. The summed E-state index contributed by atoms with van der Waals surface area (Å²) < 4.78 is 11.9. The van der Waals surface area contributed by atoms with Crippen molar-refractivity contribution in [2.75, 3.05) is 0 Å². The van der Waals surface area contributed by atoms with Crippen LogP contribution in [0.5, 0.6) is 0 Å². The fourth-order valence-electron chi connectivity index (χ4n) is 1.34. The standard InChI is InChI=1S/C13H17ClO2S/c1-2-3-9-13(15)12(14)10-17(16)11-7-5-4-6-8-11/h4-8,10,13,15H,2-3,9H2,1H3/b12-10+/t13-,17?/m0/s1. The molecule has 0 bridgehead atoms. The molecular formula is C13H17ClO2S. The van der Waals surface area contributed by atoms with Crippen LogP contribution >= 0.6 is 11.6 Å². The van der Waals surface area contributed by atoms with Gasteiger partial charge in [-0.1, -0.05) is 49.6 Å². The van der Waals surface area contributed by atoms with E-state index in [4.69, 9.17) is 11.6 Å². The molecule has 0 saturated carbocycles. The van der Waals surface area contributed by atoms with Crippen molar-refractivity contribution in [2.45, 2.75) is 37.2 Å². The zero-order chi connectivity index (χ0) is 12.7. The fourth-order valence-corrected chi connectivity index (χ4v) is 2.61. The summed E-state index contributed by atoms with van der Waals surface area (Å²) in [6, 6.07) is 9.05. The van der Waals surface area contributed by atoms with Gasteiger partial charge in [0.05, 0.1) is 21.9 Å². The first-order valence-corrected chi connectivity index (χ1v) is 7.25. The molecule has 1 N–H and O–H groups in total. The van der Waals surface area contributed by atoms with E-state index < -0.39 is 16.9 Å². The molecule has 0 spiro atoms. The Kier molecular flexibility index (Phi) is 6.48. The number of hydrogen-bond donors (Lipinski definition) is 1. The van der Waals surface area contributed by atoms with Gasteiger partial charge in [0.25, 0.3) is 0 Å². The van der Waals surface area contributed by atoms with Gasteiger partial charge in [0, 0.05) is 10.3 Å². The van der Waals surface area contributed by atoms with Gasteiger partial charge in [0.15, 0.2) is 0 Å². The van der Waals surface area contributed by atoms with E-state index in [-0.39, 0.29) is 5.03 Å². The van der Waals surface area contributed by atoms with Crippen LogP contribution in [-0.4, -0.2) is 15.4 Å². The zero-order valence-electron chi connectivity index (χ0n) is 9.80. The van der Waals surface area contributed by atoms with Crippen LogP contribution in [0.4, 0.5) is 0 Å². The van der Waals surface area contributed by atoms with Crippen LogP contribution in [0.25, 0.3) is 0 Å². The second-order valence-corrected chi connectivity index (χ2v) is 5.51. The molecule has 0 amide bonds. The van der Waals surface area contributed by atoms with Crippen LogP contribution in [0.15, 0.2) is 45.7 Å². The molecule has 4 heteroatoms. The molecule has 0 saturated heterocycles. The molecule has 0 aliphatic carbocycles. The van der Waals surface area contributed by atoms with Crippen molar-refractivity contribution in [3.63, 3.8) is 0 Å². The molecule has 2 nitrogen and oxygen atoms in total. The van der Waals surface area contributed by atoms with E-state index in [1.807, 2.05) is 25.1 Å². The molecule has 17 heavy (non-hydrogen) atoms. The minimum absolute atomic E-state index is 0.264. The monoisotopic (exact) mass is 272 g/mol. The highest BCUT2D eigenvalue weighted by atomic mass is 35.5. The SMILES string of the molecule is CCCC[C@H](O)/C(Cl)=C\S(=O)c1ccccc1. The molecule has 2 atom stereocenters. The summed E-state index contributed by atoms with van der Waals surface area (Å²) >= 11 is 5.93. The van der Waals surface area contributed by atoms with Crippen LogP contribution in [0, 0.1) is 0 Å². The van der Waals surface area contributed by atoms with E-state index in [9.17, 15) is 9.32 Å². The maximum absolute atomic E-state index is 11.9. The summed E-state index contributed by atoms with van der Waals surface area (Å²) in [5, 5.41) is 11.4. The predicted molar refractivity (Wildman–Crippen MR) is 72.3 cm³/mol. The van der Waals surface area contributed by atoms with E-state index in [2.05, 4.69) is 0 Å². The van der Waals surface area contributed by atoms with Crippen LogP contribution in [0.2, 0.25) is 0 Å².